The number of carbonyl (C=O) groups is 1. The highest BCUT2D eigenvalue weighted by Crippen LogP contribution is 2.51. The van der Waals surface area contributed by atoms with E-state index in [1.807, 2.05) is 48.2 Å². The van der Waals surface area contributed by atoms with E-state index >= 15 is 0 Å². The van der Waals surface area contributed by atoms with Crippen LogP contribution in [0.4, 0.5) is 5.69 Å². The number of hydrogen-bond acceptors (Lipinski definition) is 5. The summed E-state index contributed by atoms with van der Waals surface area (Å²) in [5.74, 6) is 0.375. The highest BCUT2D eigenvalue weighted by Gasteiger charge is 2.48. The number of anilines is 1. The molecule has 1 aliphatic rings. The Bertz CT molecular complexity index is 1080. The fourth-order valence-corrected chi connectivity index (χ4v) is 6.31. The first kappa shape index (κ1) is 21.3. The number of halogens is 1. The third-order valence-electron chi connectivity index (χ3n) is 5.70. The van der Waals surface area contributed by atoms with Crippen molar-refractivity contribution in [3.05, 3.63) is 69.7 Å². The number of fused-ring (bicyclic) bond motifs is 1. The lowest BCUT2D eigenvalue weighted by atomic mass is 9.67. The van der Waals surface area contributed by atoms with E-state index < -0.39 is 5.54 Å². The number of aromatic nitrogens is 2. The standard InChI is InChI=1S/C23H24ClN3OS2/c1-15-25-26-21(30-15)29-13-20(28)27-19-8-6-5-7-18(19)22(2,3)14-23(27,4)16-9-11-17(24)12-10-16/h5-12H,13-14H2,1-4H3. The van der Waals surface area contributed by atoms with Gasteiger partial charge in [0.15, 0.2) is 4.34 Å². The quantitative estimate of drug-likeness (QED) is 0.436. The Labute approximate surface area is 190 Å². The van der Waals surface area contributed by atoms with Crippen molar-refractivity contribution >= 4 is 46.3 Å². The van der Waals surface area contributed by atoms with Crippen molar-refractivity contribution in [3.63, 3.8) is 0 Å². The van der Waals surface area contributed by atoms with E-state index in [1.54, 1.807) is 0 Å². The zero-order chi connectivity index (χ0) is 21.5. The van der Waals surface area contributed by atoms with Crippen molar-refractivity contribution in [2.45, 2.75) is 49.4 Å². The monoisotopic (exact) mass is 457 g/mol. The normalized spacial score (nSPS) is 20.1. The van der Waals surface area contributed by atoms with Gasteiger partial charge in [-0.2, -0.15) is 0 Å². The second-order valence-corrected chi connectivity index (χ2v) is 11.3. The molecule has 0 saturated carbocycles. The van der Waals surface area contributed by atoms with Gasteiger partial charge >= 0.3 is 0 Å². The van der Waals surface area contributed by atoms with Gasteiger partial charge in [-0.25, -0.2) is 0 Å². The minimum absolute atomic E-state index is 0.0632. The molecule has 1 atom stereocenters. The molecule has 1 unspecified atom stereocenters. The van der Waals surface area contributed by atoms with Crippen LogP contribution in [0, 0.1) is 6.92 Å². The highest BCUT2D eigenvalue weighted by atomic mass is 35.5. The SMILES string of the molecule is Cc1nnc(SCC(=O)N2c3ccccc3C(C)(C)CC2(C)c2ccc(Cl)cc2)s1. The number of aryl methyl sites for hydroxylation is 1. The van der Waals surface area contributed by atoms with Crippen molar-refractivity contribution in [1.29, 1.82) is 0 Å². The van der Waals surface area contributed by atoms with Crippen molar-refractivity contribution in [2.75, 3.05) is 10.7 Å². The second kappa shape index (κ2) is 7.98. The number of nitrogens with zero attached hydrogens (tertiary/aromatic N) is 3. The topological polar surface area (TPSA) is 46.1 Å². The zero-order valence-corrected chi connectivity index (χ0v) is 19.9. The summed E-state index contributed by atoms with van der Waals surface area (Å²) in [6.45, 7) is 8.58. The van der Waals surface area contributed by atoms with Crippen LogP contribution in [0.3, 0.4) is 0 Å². The Kier molecular flexibility index (Phi) is 5.68. The summed E-state index contributed by atoms with van der Waals surface area (Å²) in [7, 11) is 0. The molecule has 2 heterocycles. The van der Waals surface area contributed by atoms with Gasteiger partial charge in [0.2, 0.25) is 5.91 Å². The maximum absolute atomic E-state index is 13.6. The first-order chi connectivity index (χ1) is 14.2. The fourth-order valence-electron chi connectivity index (χ4n) is 4.52. The van der Waals surface area contributed by atoms with Gasteiger partial charge in [-0.15, -0.1) is 10.2 Å². The molecular formula is C23H24ClN3OS2. The number of thioether (sulfide) groups is 1. The van der Waals surface area contributed by atoms with Crippen LogP contribution in [0.1, 0.15) is 43.3 Å². The smallest absolute Gasteiger partial charge is 0.238 e. The van der Waals surface area contributed by atoms with Crippen molar-refractivity contribution < 1.29 is 4.79 Å². The summed E-state index contributed by atoms with van der Waals surface area (Å²) < 4.78 is 0.819. The van der Waals surface area contributed by atoms with Crippen LogP contribution in [-0.2, 0) is 15.7 Å². The van der Waals surface area contributed by atoms with E-state index in [4.69, 9.17) is 11.6 Å². The van der Waals surface area contributed by atoms with Gasteiger partial charge in [-0.05, 0) is 55.0 Å². The molecule has 0 spiro atoms. The maximum Gasteiger partial charge on any atom is 0.238 e. The number of amides is 1. The van der Waals surface area contributed by atoms with Gasteiger partial charge in [0.1, 0.15) is 5.01 Å². The molecular weight excluding hydrogens is 434 g/mol. The summed E-state index contributed by atoms with van der Waals surface area (Å²) in [5, 5.41) is 9.80. The molecule has 156 valence electrons. The van der Waals surface area contributed by atoms with Crippen LogP contribution in [0.5, 0.6) is 0 Å². The van der Waals surface area contributed by atoms with Crippen LogP contribution in [-0.4, -0.2) is 21.9 Å². The Morgan fingerprint density at radius 1 is 1.13 bits per heavy atom. The first-order valence-corrected chi connectivity index (χ1v) is 12.0. The highest BCUT2D eigenvalue weighted by molar-refractivity contribution is 8.01. The van der Waals surface area contributed by atoms with Crippen LogP contribution in [0.15, 0.2) is 52.9 Å². The van der Waals surface area contributed by atoms with Gasteiger partial charge in [0.25, 0.3) is 0 Å². The summed E-state index contributed by atoms with van der Waals surface area (Å²) in [6, 6.07) is 16.1. The molecule has 0 N–H and O–H groups in total. The van der Waals surface area contributed by atoms with Gasteiger partial charge < -0.3 is 4.90 Å². The predicted molar refractivity (Wildman–Crippen MR) is 126 cm³/mol. The average Bonchev–Trinajstić information content (AvgIpc) is 3.11. The number of carbonyl (C=O) groups excluding carboxylic acids is 1. The summed E-state index contributed by atoms with van der Waals surface area (Å²) in [5.41, 5.74) is 2.69. The molecule has 4 nitrogen and oxygen atoms in total. The van der Waals surface area contributed by atoms with Crippen LogP contribution >= 0.6 is 34.7 Å². The largest absolute Gasteiger partial charge is 0.301 e. The Morgan fingerprint density at radius 2 is 1.83 bits per heavy atom. The van der Waals surface area contributed by atoms with E-state index in [9.17, 15) is 4.79 Å². The Morgan fingerprint density at radius 3 is 2.50 bits per heavy atom. The van der Waals surface area contributed by atoms with Crippen LogP contribution in [0.25, 0.3) is 0 Å². The molecule has 0 saturated heterocycles. The van der Waals surface area contributed by atoms with Crippen molar-refractivity contribution in [3.8, 4) is 0 Å². The van der Waals surface area contributed by atoms with Crippen molar-refractivity contribution in [2.24, 2.45) is 0 Å². The van der Waals surface area contributed by atoms with E-state index in [1.165, 1.54) is 28.7 Å². The Hall–Kier alpha value is -1.89. The van der Waals surface area contributed by atoms with Crippen LogP contribution in [0.2, 0.25) is 5.02 Å². The average molecular weight is 458 g/mol. The second-order valence-electron chi connectivity index (χ2n) is 8.46. The molecule has 7 heteroatoms. The van der Waals surface area contributed by atoms with E-state index in [-0.39, 0.29) is 11.3 Å². The van der Waals surface area contributed by atoms with Crippen molar-refractivity contribution in [1.82, 2.24) is 10.2 Å². The van der Waals surface area contributed by atoms with Gasteiger partial charge in [-0.1, -0.05) is 78.9 Å². The number of rotatable bonds is 4. The molecule has 0 bridgehead atoms. The third kappa shape index (κ3) is 3.88. The first-order valence-electron chi connectivity index (χ1n) is 9.82. The van der Waals surface area contributed by atoms with E-state index in [2.05, 4.69) is 43.1 Å². The molecule has 3 aromatic rings. The summed E-state index contributed by atoms with van der Waals surface area (Å²) >= 11 is 9.12. The number of hydrogen-bond donors (Lipinski definition) is 0. The Balaban J connectivity index is 1.77. The van der Waals surface area contributed by atoms with E-state index in [0.717, 1.165) is 27.0 Å². The van der Waals surface area contributed by atoms with Gasteiger partial charge in [0, 0.05) is 10.7 Å². The summed E-state index contributed by atoms with van der Waals surface area (Å²) in [6.07, 6.45) is 0.812. The summed E-state index contributed by atoms with van der Waals surface area (Å²) in [4.78, 5) is 15.6. The van der Waals surface area contributed by atoms with Gasteiger partial charge in [0.05, 0.1) is 11.3 Å². The zero-order valence-electron chi connectivity index (χ0n) is 17.5. The third-order valence-corrected chi connectivity index (χ3v) is 7.90. The minimum Gasteiger partial charge on any atom is -0.301 e. The molecule has 0 fully saturated rings. The molecule has 0 radical (unpaired) electrons. The molecule has 4 rings (SSSR count). The predicted octanol–water partition coefficient (Wildman–Crippen LogP) is 6.22. The number of benzene rings is 2. The molecule has 1 amide bonds. The molecule has 1 aromatic heterocycles. The van der Waals surface area contributed by atoms with Crippen LogP contribution < -0.4 is 4.90 Å². The molecule has 1 aliphatic heterocycles. The van der Waals surface area contributed by atoms with Gasteiger partial charge in [-0.3, -0.25) is 4.79 Å². The molecule has 0 aliphatic carbocycles. The number of para-hydroxylation sites is 1. The minimum atomic E-state index is -0.489. The lowest BCUT2D eigenvalue weighted by Crippen LogP contribution is -2.55. The van der Waals surface area contributed by atoms with E-state index in [0.29, 0.717) is 10.8 Å². The molecule has 30 heavy (non-hydrogen) atoms. The maximum atomic E-state index is 13.6. The fraction of sp³-hybridized carbons (Fsp3) is 0.348. The lowest BCUT2D eigenvalue weighted by Gasteiger charge is -2.52. The lowest BCUT2D eigenvalue weighted by molar-refractivity contribution is -0.117. The molecule has 2 aromatic carbocycles.